The van der Waals surface area contributed by atoms with Gasteiger partial charge in [0.05, 0.1) is 10.5 Å². The molecule has 0 spiro atoms. The second kappa shape index (κ2) is 6.11. The fourth-order valence-electron chi connectivity index (χ4n) is 2.38. The van der Waals surface area contributed by atoms with Gasteiger partial charge in [0.1, 0.15) is 5.82 Å². The third kappa shape index (κ3) is 3.41. The van der Waals surface area contributed by atoms with Gasteiger partial charge in [-0.25, -0.2) is 4.98 Å². The fourth-order valence-corrected chi connectivity index (χ4v) is 2.51. The molecule has 2 N–H and O–H groups in total. The third-order valence-corrected chi connectivity index (χ3v) is 4.52. The average Bonchev–Trinajstić information content (AvgIpc) is 2.47. The molecular weight excluding hydrogens is 284 g/mol. The predicted molar refractivity (Wildman–Crippen MR) is 91.0 cm³/mol. The lowest BCUT2D eigenvalue weighted by Gasteiger charge is -2.43. The van der Waals surface area contributed by atoms with Crippen molar-refractivity contribution in [1.82, 2.24) is 14.9 Å². The summed E-state index contributed by atoms with van der Waals surface area (Å²) in [6.45, 7) is 7.84. The highest BCUT2D eigenvalue weighted by molar-refractivity contribution is 7.80. The van der Waals surface area contributed by atoms with Gasteiger partial charge in [0.25, 0.3) is 0 Å². The number of rotatable bonds is 4. The molecule has 6 nitrogen and oxygen atoms in total. The number of thiocarbonyl (C=S) groups is 1. The van der Waals surface area contributed by atoms with Crippen molar-refractivity contribution < 1.29 is 0 Å². The van der Waals surface area contributed by atoms with Gasteiger partial charge in [0.2, 0.25) is 5.95 Å². The lowest BCUT2D eigenvalue weighted by atomic mass is 10.0. The minimum atomic E-state index is -0.234. The van der Waals surface area contributed by atoms with E-state index in [1.165, 1.54) is 0 Å². The van der Waals surface area contributed by atoms with Crippen LogP contribution in [-0.2, 0) is 0 Å². The molecule has 0 bridgehead atoms. The fraction of sp³-hybridized carbons (Fsp3) is 0.643. The van der Waals surface area contributed by atoms with Crippen LogP contribution in [0.5, 0.6) is 0 Å². The van der Waals surface area contributed by atoms with Crippen LogP contribution in [0.25, 0.3) is 0 Å². The van der Waals surface area contributed by atoms with E-state index in [4.69, 9.17) is 18.0 Å². The number of hydrogen-bond acceptors (Lipinski definition) is 6. The molecule has 0 aromatic carbocycles. The largest absolute Gasteiger partial charge is 0.392 e. The van der Waals surface area contributed by atoms with E-state index in [0.717, 1.165) is 37.9 Å². The molecule has 116 valence electrons. The number of anilines is 2. The maximum absolute atomic E-state index is 5.85. The summed E-state index contributed by atoms with van der Waals surface area (Å²) in [5.74, 6) is 1.71. The number of nitrogens with two attached hydrogens (primary N) is 1. The maximum Gasteiger partial charge on any atom is 0.226 e. The molecule has 2 rings (SSSR count). The smallest absolute Gasteiger partial charge is 0.226 e. The SMILES string of the molecule is CN(C)c1nccc(N2CCN(C(C)(C)C(N)=S)CC2)n1. The van der Waals surface area contributed by atoms with Crippen molar-refractivity contribution in [1.29, 1.82) is 0 Å². The van der Waals surface area contributed by atoms with E-state index in [0.29, 0.717) is 4.99 Å². The third-order valence-electron chi connectivity index (χ3n) is 4.03. The maximum atomic E-state index is 5.85. The summed E-state index contributed by atoms with van der Waals surface area (Å²) >= 11 is 5.18. The number of nitrogens with zero attached hydrogens (tertiary/aromatic N) is 5. The van der Waals surface area contributed by atoms with Crippen molar-refractivity contribution in [3.8, 4) is 0 Å². The van der Waals surface area contributed by atoms with Crippen LogP contribution >= 0.6 is 12.2 Å². The van der Waals surface area contributed by atoms with E-state index in [1.54, 1.807) is 0 Å². The van der Waals surface area contributed by atoms with Gasteiger partial charge in [-0.2, -0.15) is 4.98 Å². The van der Waals surface area contributed by atoms with Gasteiger partial charge in [0.15, 0.2) is 0 Å². The highest BCUT2D eigenvalue weighted by Crippen LogP contribution is 2.21. The van der Waals surface area contributed by atoms with Crippen molar-refractivity contribution in [2.75, 3.05) is 50.1 Å². The Hall–Kier alpha value is -1.47. The Morgan fingerprint density at radius 1 is 1.29 bits per heavy atom. The summed E-state index contributed by atoms with van der Waals surface area (Å²) in [6.07, 6.45) is 1.81. The van der Waals surface area contributed by atoms with Crippen LogP contribution in [0.15, 0.2) is 12.3 Å². The minimum absolute atomic E-state index is 0.234. The normalized spacial score (nSPS) is 16.9. The number of aromatic nitrogens is 2. The Morgan fingerprint density at radius 2 is 1.90 bits per heavy atom. The molecule has 0 radical (unpaired) electrons. The Morgan fingerprint density at radius 3 is 2.43 bits per heavy atom. The molecule has 0 amide bonds. The Kier molecular flexibility index (Phi) is 4.63. The molecule has 7 heteroatoms. The van der Waals surface area contributed by atoms with Crippen LogP contribution in [0.3, 0.4) is 0 Å². The van der Waals surface area contributed by atoms with Crippen molar-refractivity contribution in [3.63, 3.8) is 0 Å². The van der Waals surface area contributed by atoms with Gasteiger partial charge in [0, 0.05) is 46.5 Å². The summed E-state index contributed by atoms with van der Waals surface area (Å²) in [7, 11) is 3.89. The second-order valence-corrected chi connectivity index (χ2v) is 6.45. The van der Waals surface area contributed by atoms with Gasteiger partial charge in [-0.05, 0) is 19.9 Å². The second-order valence-electron chi connectivity index (χ2n) is 6.01. The predicted octanol–water partition coefficient (Wildman–Crippen LogP) is 0.729. The zero-order valence-corrected chi connectivity index (χ0v) is 14.0. The van der Waals surface area contributed by atoms with Crippen molar-refractivity contribution in [2.45, 2.75) is 19.4 Å². The molecule has 1 saturated heterocycles. The molecule has 0 saturated carbocycles. The van der Waals surface area contributed by atoms with E-state index in [-0.39, 0.29) is 5.54 Å². The Labute approximate surface area is 131 Å². The van der Waals surface area contributed by atoms with Gasteiger partial charge < -0.3 is 15.5 Å². The van der Waals surface area contributed by atoms with Crippen molar-refractivity contribution >= 4 is 29.0 Å². The molecule has 1 aromatic heterocycles. The Balaban J connectivity index is 2.04. The van der Waals surface area contributed by atoms with E-state index >= 15 is 0 Å². The van der Waals surface area contributed by atoms with Gasteiger partial charge in [-0.1, -0.05) is 12.2 Å². The standard InChI is InChI=1S/C14H24N6S/c1-14(2,12(15)21)20-9-7-19(8-10-20)11-5-6-16-13(17-11)18(3)4/h5-6H,7-10H2,1-4H3,(H2,15,21). The average molecular weight is 308 g/mol. The zero-order chi connectivity index (χ0) is 15.6. The molecular formula is C14H24N6S. The molecule has 1 fully saturated rings. The molecule has 0 unspecified atom stereocenters. The van der Waals surface area contributed by atoms with E-state index in [1.807, 2.05) is 31.3 Å². The van der Waals surface area contributed by atoms with Gasteiger partial charge in [-0.3, -0.25) is 4.90 Å². The first kappa shape index (κ1) is 15.9. The quantitative estimate of drug-likeness (QED) is 0.823. The lowest BCUT2D eigenvalue weighted by molar-refractivity contribution is 0.168. The van der Waals surface area contributed by atoms with Crippen LogP contribution in [0.2, 0.25) is 0 Å². The number of piperazine rings is 1. The molecule has 2 heterocycles. The van der Waals surface area contributed by atoms with E-state index in [2.05, 4.69) is 33.6 Å². The Bertz CT molecular complexity index is 508. The highest BCUT2D eigenvalue weighted by Gasteiger charge is 2.32. The van der Waals surface area contributed by atoms with E-state index < -0.39 is 0 Å². The molecule has 1 aliphatic rings. The summed E-state index contributed by atoms with van der Waals surface area (Å²) < 4.78 is 0. The van der Waals surface area contributed by atoms with Crippen molar-refractivity contribution in [2.24, 2.45) is 5.73 Å². The summed E-state index contributed by atoms with van der Waals surface area (Å²) in [4.78, 5) is 15.9. The lowest BCUT2D eigenvalue weighted by Crippen LogP contribution is -2.59. The molecule has 1 aliphatic heterocycles. The molecule has 0 aliphatic carbocycles. The van der Waals surface area contributed by atoms with Crippen LogP contribution in [0.4, 0.5) is 11.8 Å². The van der Waals surface area contributed by atoms with Gasteiger partial charge in [-0.15, -0.1) is 0 Å². The summed E-state index contributed by atoms with van der Waals surface area (Å²) in [5.41, 5.74) is 5.62. The van der Waals surface area contributed by atoms with E-state index in [9.17, 15) is 0 Å². The van der Waals surface area contributed by atoms with Crippen molar-refractivity contribution in [3.05, 3.63) is 12.3 Å². The topological polar surface area (TPSA) is 61.5 Å². The number of hydrogen-bond donors (Lipinski definition) is 1. The molecule has 21 heavy (non-hydrogen) atoms. The van der Waals surface area contributed by atoms with Gasteiger partial charge >= 0.3 is 0 Å². The monoisotopic (exact) mass is 308 g/mol. The van der Waals surface area contributed by atoms with Crippen LogP contribution in [-0.4, -0.2) is 65.7 Å². The molecule has 1 aromatic rings. The minimum Gasteiger partial charge on any atom is -0.392 e. The first-order chi connectivity index (χ1) is 9.82. The summed E-state index contributed by atoms with van der Waals surface area (Å²) in [6, 6.07) is 1.96. The van der Waals surface area contributed by atoms with Crippen LogP contribution < -0.4 is 15.5 Å². The zero-order valence-electron chi connectivity index (χ0n) is 13.2. The van der Waals surface area contributed by atoms with Crippen LogP contribution in [0.1, 0.15) is 13.8 Å². The van der Waals surface area contributed by atoms with Crippen LogP contribution in [0, 0.1) is 0 Å². The first-order valence-corrected chi connectivity index (χ1v) is 7.53. The molecule has 0 atom stereocenters. The highest BCUT2D eigenvalue weighted by atomic mass is 32.1. The first-order valence-electron chi connectivity index (χ1n) is 7.12. The summed E-state index contributed by atoms with van der Waals surface area (Å²) in [5, 5.41) is 0.